The van der Waals surface area contributed by atoms with Crippen LogP contribution in [-0.4, -0.2) is 27.0 Å². The molecule has 0 bridgehead atoms. The minimum absolute atomic E-state index is 0.0210. The topological polar surface area (TPSA) is 35.5 Å². The van der Waals surface area contributed by atoms with Gasteiger partial charge in [0.15, 0.2) is 8.32 Å². The van der Waals surface area contributed by atoms with Crippen molar-refractivity contribution in [2.45, 2.75) is 78.6 Å². The summed E-state index contributed by atoms with van der Waals surface area (Å²) in [4.78, 5) is 11.1. The highest BCUT2D eigenvalue weighted by Crippen LogP contribution is 2.37. The summed E-state index contributed by atoms with van der Waals surface area (Å²) in [5.74, 6) is 0.0515. The number of hydrogen-bond donors (Lipinski definition) is 0. The zero-order chi connectivity index (χ0) is 15.3. The molecule has 2 atom stereocenters. The maximum atomic E-state index is 11.1. The Bertz CT molecular complexity index is 282. The van der Waals surface area contributed by atoms with Crippen LogP contribution < -0.4 is 0 Å². The van der Waals surface area contributed by atoms with Gasteiger partial charge in [0, 0.05) is 19.4 Å². The van der Waals surface area contributed by atoms with Crippen LogP contribution in [0.25, 0.3) is 0 Å². The predicted octanol–water partition coefficient (Wildman–Crippen LogP) is 4.38. The minimum atomic E-state index is -1.72. The molecule has 0 rings (SSSR count). The van der Waals surface area contributed by atoms with Gasteiger partial charge >= 0.3 is 5.97 Å². The van der Waals surface area contributed by atoms with E-state index in [0.29, 0.717) is 6.61 Å². The van der Waals surface area contributed by atoms with Gasteiger partial charge in [-0.1, -0.05) is 41.0 Å². The van der Waals surface area contributed by atoms with E-state index in [1.165, 1.54) is 6.92 Å². The second-order valence-corrected chi connectivity index (χ2v) is 11.8. The van der Waals surface area contributed by atoms with Crippen LogP contribution in [0.15, 0.2) is 0 Å². The lowest BCUT2D eigenvalue weighted by Crippen LogP contribution is -2.43. The monoisotopic (exact) mass is 288 g/mol. The van der Waals surface area contributed by atoms with Crippen molar-refractivity contribution in [1.82, 2.24) is 0 Å². The lowest BCUT2D eigenvalue weighted by atomic mass is 10.0. The fourth-order valence-electron chi connectivity index (χ4n) is 1.62. The first-order chi connectivity index (χ1) is 8.51. The zero-order valence-corrected chi connectivity index (χ0v) is 15.0. The van der Waals surface area contributed by atoms with Crippen LogP contribution in [-0.2, 0) is 14.0 Å². The van der Waals surface area contributed by atoms with Crippen LogP contribution in [0.2, 0.25) is 18.1 Å². The molecule has 0 aliphatic heterocycles. The Labute approximate surface area is 120 Å². The first kappa shape index (κ1) is 18.6. The van der Waals surface area contributed by atoms with Gasteiger partial charge < -0.3 is 9.16 Å². The second-order valence-electron chi connectivity index (χ2n) is 6.99. The Kier molecular flexibility index (Phi) is 7.30. The fraction of sp³-hybridized carbons (Fsp3) is 0.933. The van der Waals surface area contributed by atoms with Crippen LogP contribution in [0.5, 0.6) is 0 Å². The number of esters is 1. The molecule has 19 heavy (non-hydrogen) atoms. The first-order valence-electron chi connectivity index (χ1n) is 7.32. The summed E-state index contributed by atoms with van der Waals surface area (Å²) in [5, 5.41) is 0.217. The van der Waals surface area contributed by atoms with Crippen molar-refractivity contribution in [1.29, 1.82) is 0 Å². The molecule has 0 spiro atoms. The van der Waals surface area contributed by atoms with E-state index in [1.54, 1.807) is 0 Å². The number of rotatable bonds is 7. The third-order valence-corrected chi connectivity index (χ3v) is 8.54. The van der Waals surface area contributed by atoms with Gasteiger partial charge in [-0.25, -0.2) is 0 Å². The molecule has 0 aliphatic carbocycles. The van der Waals surface area contributed by atoms with Crippen molar-refractivity contribution in [3.8, 4) is 0 Å². The van der Waals surface area contributed by atoms with Crippen molar-refractivity contribution < 1.29 is 14.0 Å². The van der Waals surface area contributed by atoms with Crippen molar-refractivity contribution in [2.75, 3.05) is 6.61 Å². The second kappa shape index (κ2) is 7.43. The molecule has 4 heteroatoms. The van der Waals surface area contributed by atoms with Crippen LogP contribution >= 0.6 is 0 Å². The van der Waals surface area contributed by atoms with Crippen LogP contribution in [0.4, 0.5) is 0 Å². The standard InChI is InChI=1S/C15H32O3Si/c1-9-10-14(18-13(3)16)12(2)11-17-19(7,8)15(4,5)6/h12,14H,9-11H2,1-8H3/t12-,14+/m1/s1. The van der Waals surface area contributed by atoms with Crippen LogP contribution in [0.3, 0.4) is 0 Å². The maximum absolute atomic E-state index is 11.1. The van der Waals surface area contributed by atoms with E-state index in [4.69, 9.17) is 9.16 Å². The smallest absolute Gasteiger partial charge is 0.302 e. The third-order valence-electron chi connectivity index (χ3n) is 4.04. The summed E-state index contributed by atoms with van der Waals surface area (Å²) >= 11 is 0. The van der Waals surface area contributed by atoms with Gasteiger partial charge in [0.2, 0.25) is 0 Å². The first-order valence-corrected chi connectivity index (χ1v) is 10.2. The maximum Gasteiger partial charge on any atom is 0.302 e. The Balaban J connectivity index is 4.48. The van der Waals surface area contributed by atoms with Gasteiger partial charge in [-0.15, -0.1) is 0 Å². The van der Waals surface area contributed by atoms with Gasteiger partial charge in [0.1, 0.15) is 6.10 Å². The number of carbonyl (C=O) groups is 1. The Morgan fingerprint density at radius 1 is 1.26 bits per heavy atom. The van der Waals surface area contributed by atoms with Crippen molar-refractivity contribution >= 4 is 14.3 Å². The van der Waals surface area contributed by atoms with E-state index < -0.39 is 8.32 Å². The SMILES string of the molecule is CCC[C@H](OC(C)=O)[C@H](C)CO[Si](C)(C)C(C)(C)C. The number of ether oxygens (including phenoxy) is 1. The van der Waals surface area contributed by atoms with Crippen LogP contribution in [0.1, 0.15) is 54.4 Å². The lowest BCUT2D eigenvalue weighted by molar-refractivity contribution is -0.149. The molecule has 0 unspecified atom stereocenters. The molecular weight excluding hydrogens is 256 g/mol. The van der Waals surface area contributed by atoms with Gasteiger partial charge in [0.05, 0.1) is 0 Å². The van der Waals surface area contributed by atoms with Gasteiger partial charge in [-0.3, -0.25) is 4.79 Å². The van der Waals surface area contributed by atoms with Gasteiger partial charge in [0.25, 0.3) is 0 Å². The predicted molar refractivity (Wildman–Crippen MR) is 82.8 cm³/mol. The van der Waals surface area contributed by atoms with Crippen molar-refractivity contribution in [3.63, 3.8) is 0 Å². The summed E-state index contributed by atoms with van der Waals surface area (Å²) in [6, 6.07) is 0. The quantitative estimate of drug-likeness (QED) is 0.515. The van der Waals surface area contributed by atoms with Crippen molar-refractivity contribution in [3.05, 3.63) is 0 Å². The minimum Gasteiger partial charge on any atom is -0.462 e. The van der Waals surface area contributed by atoms with Gasteiger partial charge in [-0.2, -0.15) is 0 Å². The molecule has 0 aliphatic rings. The summed E-state index contributed by atoms with van der Waals surface area (Å²) in [6.07, 6.45) is 1.90. The largest absolute Gasteiger partial charge is 0.462 e. The molecule has 0 heterocycles. The molecule has 114 valence electrons. The molecule has 0 fully saturated rings. The molecule has 0 radical (unpaired) electrons. The molecule has 3 nitrogen and oxygen atoms in total. The fourth-order valence-corrected chi connectivity index (χ4v) is 2.73. The van der Waals surface area contributed by atoms with Gasteiger partial charge in [-0.05, 0) is 24.6 Å². The Morgan fingerprint density at radius 2 is 1.79 bits per heavy atom. The lowest BCUT2D eigenvalue weighted by Gasteiger charge is -2.37. The van der Waals surface area contributed by atoms with E-state index in [2.05, 4.69) is 47.7 Å². The summed E-state index contributed by atoms with van der Waals surface area (Å²) in [6.45, 7) is 17.6. The number of hydrogen-bond acceptors (Lipinski definition) is 3. The van der Waals surface area contributed by atoms with E-state index >= 15 is 0 Å². The molecule has 0 aromatic rings. The summed E-state index contributed by atoms with van der Waals surface area (Å²) in [5.41, 5.74) is 0. The highest BCUT2D eigenvalue weighted by molar-refractivity contribution is 6.74. The zero-order valence-electron chi connectivity index (χ0n) is 14.0. The Hall–Kier alpha value is -0.353. The van der Waals surface area contributed by atoms with E-state index in [0.717, 1.165) is 12.8 Å². The molecule has 0 saturated heterocycles. The number of carbonyl (C=O) groups excluding carboxylic acids is 1. The normalized spacial score (nSPS) is 16.0. The Morgan fingerprint density at radius 3 is 2.16 bits per heavy atom. The molecular formula is C15H32O3Si. The highest BCUT2D eigenvalue weighted by Gasteiger charge is 2.37. The molecule has 0 aromatic heterocycles. The average Bonchev–Trinajstić information content (AvgIpc) is 2.23. The highest BCUT2D eigenvalue weighted by atomic mass is 28.4. The molecule has 0 N–H and O–H groups in total. The summed E-state index contributed by atoms with van der Waals surface area (Å²) in [7, 11) is -1.72. The van der Waals surface area contributed by atoms with E-state index in [1.807, 2.05) is 0 Å². The van der Waals surface area contributed by atoms with Crippen LogP contribution in [0, 0.1) is 5.92 Å². The third kappa shape index (κ3) is 6.57. The van der Waals surface area contributed by atoms with E-state index in [-0.39, 0.29) is 23.0 Å². The molecule has 0 saturated carbocycles. The van der Waals surface area contributed by atoms with Crippen molar-refractivity contribution in [2.24, 2.45) is 5.92 Å². The molecule has 0 aromatic carbocycles. The summed E-state index contributed by atoms with van der Waals surface area (Å²) < 4.78 is 11.6. The van der Waals surface area contributed by atoms with E-state index in [9.17, 15) is 4.79 Å². The molecule has 0 amide bonds. The average molecular weight is 289 g/mol.